The fourth-order valence-electron chi connectivity index (χ4n) is 4.55. The van der Waals surface area contributed by atoms with E-state index in [4.69, 9.17) is 19.3 Å². The zero-order chi connectivity index (χ0) is 24.6. The van der Waals surface area contributed by atoms with Crippen molar-refractivity contribution < 1.29 is 19.3 Å². The summed E-state index contributed by atoms with van der Waals surface area (Å²) in [4.78, 5) is 2.24. The van der Waals surface area contributed by atoms with Crippen LogP contribution in [0.5, 0.6) is 11.6 Å². The van der Waals surface area contributed by atoms with Crippen molar-refractivity contribution in [3.8, 4) is 22.9 Å². The van der Waals surface area contributed by atoms with Gasteiger partial charge in [-0.3, -0.25) is 4.90 Å². The van der Waals surface area contributed by atoms with Crippen LogP contribution in [0, 0.1) is 6.92 Å². The molecular weight excluding hydrogens is 442 g/mol. The summed E-state index contributed by atoms with van der Waals surface area (Å²) in [7, 11) is 1.91. The molecule has 4 rings (SSSR count). The van der Waals surface area contributed by atoms with E-state index in [9.17, 15) is 5.11 Å². The first-order valence-corrected chi connectivity index (χ1v) is 12.5. The molecule has 0 spiro atoms. The zero-order valence-corrected chi connectivity index (χ0v) is 21.0. The van der Waals surface area contributed by atoms with Gasteiger partial charge in [0.1, 0.15) is 11.4 Å². The van der Waals surface area contributed by atoms with Crippen LogP contribution in [0.25, 0.3) is 11.3 Å². The van der Waals surface area contributed by atoms with Gasteiger partial charge in [0.05, 0.1) is 24.4 Å². The monoisotopic (exact) mass is 479 g/mol. The summed E-state index contributed by atoms with van der Waals surface area (Å²) < 4.78 is 19.6. The van der Waals surface area contributed by atoms with E-state index in [-0.39, 0.29) is 6.10 Å². The van der Waals surface area contributed by atoms with E-state index in [0.29, 0.717) is 32.2 Å². The number of rotatable bonds is 12. The van der Waals surface area contributed by atoms with E-state index < -0.39 is 6.10 Å². The Bertz CT molecular complexity index is 1060. The Morgan fingerprint density at radius 1 is 1.20 bits per heavy atom. The molecule has 7 nitrogen and oxygen atoms in total. The highest BCUT2D eigenvalue weighted by atomic mass is 16.5. The Labute approximate surface area is 208 Å². The second kappa shape index (κ2) is 12.3. The molecule has 3 aromatic rings. The van der Waals surface area contributed by atoms with E-state index in [2.05, 4.69) is 30.0 Å². The average Bonchev–Trinajstić information content (AvgIpc) is 3.47. The van der Waals surface area contributed by atoms with Gasteiger partial charge in [0, 0.05) is 45.5 Å². The van der Waals surface area contributed by atoms with Gasteiger partial charge in [-0.2, -0.15) is 5.10 Å². The number of nitrogens with zero attached hydrogens (tertiary/aromatic N) is 3. The molecule has 1 aliphatic heterocycles. The van der Waals surface area contributed by atoms with Crippen molar-refractivity contribution in [1.29, 1.82) is 0 Å². The molecule has 0 aliphatic carbocycles. The first kappa shape index (κ1) is 25.4. The third-order valence-electron chi connectivity index (χ3n) is 6.19. The van der Waals surface area contributed by atoms with Crippen molar-refractivity contribution in [3.05, 3.63) is 65.7 Å². The molecule has 1 aliphatic rings. The largest absolute Gasteiger partial charge is 0.439 e. The number of aliphatic hydroxyl groups excluding tert-OH is 1. The van der Waals surface area contributed by atoms with E-state index in [1.54, 1.807) is 4.68 Å². The van der Waals surface area contributed by atoms with Crippen molar-refractivity contribution in [2.75, 3.05) is 32.9 Å². The highest BCUT2D eigenvalue weighted by Crippen LogP contribution is 2.34. The predicted molar refractivity (Wildman–Crippen MR) is 137 cm³/mol. The molecule has 0 saturated carbocycles. The maximum absolute atomic E-state index is 10.7. The molecule has 2 atom stereocenters. The number of aryl methyl sites for hydroxylation is 2. The van der Waals surface area contributed by atoms with Gasteiger partial charge in [-0.15, -0.1) is 0 Å². The van der Waals surface area contributed by atoms with Crippen molar-refractivity contribution in [3.63, 3.8) is 0 Å². The maximum Gasteiger partial charge on any atom is 0.222 e. The van der Waals surface area contributed by atoms with Crippen molar-refractivity contribution in [2.45, 2.75) is 45.4 Å². The molecule has 2 unspecified atom stereocenters. The van der Waals surface area contributed by atoms with Crippen LogP contribution in [0.2, 0.25) is 0 Å². The molecule has 35 heavy (non-hydrogen) atoms. The molecule has 2 aromatic carbocycles. The number of hydrogen-bond acceptors (Lipinski definition) is 6. The highest BCUT2D eigenvalue weighted by Gasteiger charge is 2.26. The van der Waals surface area contributed by atoms with E-state index in [1.807, 2.05) is 50.4 Å². The lowest BCUT2D eigenvalue weighted by molar-refractivity contribution is 0.00505. The number of ether oxygens (including phenoxy) is 3. The van der Waals surface area contributed by atoms with Gasteiger partial charge in [0.25, 0.3) is 0 Å². The Balaban J connectivity index is 1.67. The summed E-state index contributed by atoms with van der Waals surface area (Å²) in [5.41, 5.74) is 4.03. The lowest BCUT2D eigenvalue weighted by Gasteiger charge is -2.27. The van der Waals surface area contributed by atoms with Gasteiger partial charge in [0.2, 0.25) is 5.88 Å². The SMILES string of the molecule is CCOCC(O)CN(Cc1c(-c2ccccc2)nn(C)c1Oc1cccc(C)c1)CC1CCCO1. The minimum atomic E-state index is -0.589. The number of aromatic nitrogens is 2. The zero-order valence-electron chi connectivity index (χ0n) is 21.0. The predicted octanol–water partition coefficient (Wildman–Crippen LogP) is 4.57. The molecule has 1 aromatic heterocycles. The van der Waals surface area contributed by atoms with Gasteiger partial charge in [-0.25, -0.2) is 4.68 Å². The molecule has 188 valence electrons. The van der Waals surface area contributed by atoms with Crippen molar-refractivity contribution >= 4 is 0 Å². The first-order chi connectivity index (χ1) is 17.0. The van der Waals surface area contributed by atoms with Crippen LogP contribution in [-0.2, 0) is 23.1 Å². The third kappa shape index (κ3) is 6.92. The second-order valence-electron chi connectivity index (χ2n) is 9.18. The van der Waals surface area contributed by atoms with Crippen LogP contribution >= 0.6 is 0 Å². The van der Waals surface area contributed by atoms with Crippen LogP contribution in [0.3, 0.4) is 0 Å². The number of hydrogen-bond donors (Lipinski definition) is 1. The Morgan fingerprint density at radius 2 is 2.03 bits per heavy atom. The lowest BCUT2D eigenvalue weighted by Crippen LogP contribution is -2.39. The summed E-state index contributed by atoms with van der Waals surface area (Å²) >= 11 is 0. The molecule has 0 bridgehead atoms. The quantitative estimate of drug-likeness (QED) is 0.411. The molecule has 0 radical (unpaired) electrons. The fourth-order valence-corrected chi connectivity index (χ4v) is 4.55. The summed E-state index contributed by atoms with van der Waals surface area (Å²) in [6, 6.07) is 18.2. The van der Waals surface area contributed by atoms with Gasteiger partial charge < -0.3 is 19.3 Å². The van der Waals surface area contributed by atoms with E-state index in [1.165, 1.54) is 0 Å². The first-order valence-electron chi connectivity index (χ1n) is 12.5. The molecule has 2 heterocycles. The van der Waals surface area contributed by atoms with E-state index in [0.717, 1.165) is 54.1 Å². The van der Waals surface area contributed by atoms with Crippen molar-refractivity contribution in [2.24, 2.45) is 7.05 Å². The number of aliphatic hydroxyl groups is 1. The lowest BCUT2D eigenvalue weighted by atomic mass is 10.1. The molecule has 0 amide bonds. The van der Waals surface area contributed by atoms with Crippen LogP contribution in [0.4, 0.5) is 0 Å². The fraction of sp³-hybridized carbons (Fsp3) is 0.464. The van der Waals surface area contributed by atoms with Gasteiger partial charge in [-0.1, -0.05) is 42.5 Å². The normalized spacial score (nSPS) is 16.7. The van der Waals surface area contributed by atoms with Crippen LogP contribution in [0.1, 0.15) is 30.9 Å². The maximum atomic E-state index is 10.7. The minimum absolute atomic E-state index is 0.160. The van der Waals surface area contributed by atoms with Crippen LogP contribution < -0.4 is 4.74 Å². The van der Waals surface area contributed by atoms with Gasteiger partial charge in [0.15, 0.2) is 0 Å². The number of benzene rings is 2. The summed E-state index contributed by atoms with van der Waals surface area (Å²) in [5, 5.41) is 15.5. The Hall–Kier alpha value is -2.71. The average molecular weight is 480 g/mol. The van der Waals surface area contributed by atoms with Crippen LogP contribution in [-0.4, -0.2) is 64.9 Å². The van der Waals surface area contributed by atoms with Gasteiger partial charge >= 0.3 is 0 Å². The Kier molecular flexibility index (Phi) is 8.93. The molecule has 7 heteroatoms. The Morgan fingerprint density at radius 3 is 2.74 bits per heavy atom. The molecule has 1 fully saturated rings. The minimum Gasteiger partial charge on any atom is -0.439 e. The second-order valence-corrected chi connectivity index (χ2v) is 9.18. The third-order valence-corrected chi connectivity index (χ3v) is 6.19. The molecular formula is C28H37N3O4. The molecule has 1 saturated heterocycles. The molecule has 1 N–H and O–H groups in total. The van der Waals surface area contributed by atoms with Gasteiger partial charge in [-0.05, 0) is 44.4 Å². The topological polar surface area (TPSA) is 69.0 Å². The van der Waals surface area contributed by atoms with Crippen LogP contribution in [0.15, 0.2) is 54.6 Å². The summed E-state index contributed by atoms with van der Waals surface area (Å²) in [6.07, 6.45) is 1.68. The summed E-state index contributed by atoms with van der Waals surface area (Å²) in [5.74, 6) is 1.47. The smallest absolute Gasteiger partial charge is 0.222 e. The highest BCUT2D eigenvalue weighted by molar-refractivity contribution is 5.65. The summed E-state index contributed by atoms with van der Waals surface area (Å²) in [6.45, 7) is 7.46. The standard InChI is InChI=1S/C28H37N3O4/c1-4-33-20-23(32)17-31(18-25-14-9-15-34-25)19-26-27(22-11-6-5-7-12-22)29-30(3)28(26)35-24-13-8-10-21(2)16-24/h5-8,10-13,16,23,25,32H,4,9,14-15,17-20H2,1-3H3. The van der Waals surface area contributed by atoms with E-state index >= 15 is 0 Å². The van der Waals surface area contributed by atoms with Crippen molar-refractivity contribution in [1.82, 2.24) is 14.7 Å².